The molecule has 2 nitrogen and oxygen atoms in total. The number of hydrogen-bond donors (Lipinski definition) is 0. The van der Waals surface area contributed by atoms with E-state index in [1.54, 1.807) is 0 Å². The standard InChI is InChI=1S/C28H18N2.Pt/c1-2-10-22(11-3-1)25-16-6-7-18-27(25)29-20-23-14-9-19-28(30-23)26-17-8-13-21-12-4-5-15-24(21)26;/h1-10,12-16,18-20H;/q-2;+2. The largest absolute Gasteiger partial charge is 2.00 e. The summed E-state index contributed by atoms with van der Waals surface area (Å²) in [6.07, 6.45) is 1.82. The smallest absolute Gasteiger partial charge is 0.295 e. The van der Waals surface area contributed by atoms with E-state index < -0.39 is 0 Å². The molecule has 0 amide bonds. The Hall–Kier alpha value is -3.35. The van der Waals surface area contributed by atoms with Gasteiger partial charge in [-0.3, -0.25) is 9.98 Å². The van der Waals surface area contributed by atoms with Gasteiger partial charge in [0.25, 0.3) is 0 Å². The van der Waals surface area contributed by atoms with Crippen LogP contribution in [-0.4, -0.2) is 11.2 Å². The van der Waals surface area contributed by atoms with Crippen LogP contribution in [-0.2, 0) is 21.1 Å². The molecule has 0 aliphatic heterocycles. The van der Waals surface area contributed by atoms with Crippen LogP contribution in [0.3, 0.4) is 0 Å². The van der Waals surface area contributed by atoms with Gasteiger partial charge in [0.2, 0.25) is 0 Å². The van der Waals surface area contributed by atoms with Crippen molar-refractivity contribution in [2.24, 2.45) is 4.99 Å². The van der Waals surface area contributed by atoms with Gasteiger partial charge >= 0.3 is 21.1 Å². The molecule has 5 aromatic rings. The Balaban J connectivity index is 0.00000231. The maximum Gasteiger partial charge on any atom is 2.00 e. The molecule has 0 aliphatic carbocycles. The summed E-state index contributed by atoms with van der Waals surface area (Å²) in [5.74, 6) is 0. The SMILES string of the molecule is [Pt+2].[c-]1ccccc1-c1ccccc1N=Cc1cccc(-c2[c-]ccc3ccccc23)n1. The molecule has 0 radical (unpaired) electrons. The van der Waals surface area contributed by atoms with E-state index in [0.29, 0.717) is 0 Å². The fourth-order valence-corrected chi connectivity index (χ4v) is 3.55. The number of hydrogen-bond acceptors (Lipinski definition) is 2. The average molecular weight is 578 g/mol. The van der Waals surface area contributed by atoms with Gasteiger partial charge in [0.1, 0.15) is 0 Å². The van der Waals surface area contributed by atoms with Crippen molar-refractivity contribution in [2.45, 2.75) is 0 Å². The Kier molecular flexibility index (Phi) is 6.50. The van der Waals surface area contributed by atoms with Crippen molar-refractivity contribution in [2.75, 3.05) is 0 Å². The molecule has 0 N–H and O–H groups in total. The molecule has 0 fully saturated rings. The topological polar surface area (TPSA) is 25.2 Å². The third kappa shape index (κ3) is 4.55. The van der Waals surface area contributed by atoms with Crippen LogP contribution in [0.1, 0.15) is 5.69 Å². The summed E-state index contributed by atoms with van der Waals surface area (Å²) in [5, 5.41) is 2.33. The first kappa shape index (κ1) is 20.9. The van der Waals surface area contributed by atoms with E-state index in [2.05, 4.69) is 36.4 Å². The first-order valence-electron chi connectivity index (χ1n) is 9.85. The fraction of sp³-hybridized carbons (Fsp3) is 0. The molecule has 4 aromatic carbocycles. The van der Waals surface area contributed by atoms with Gasteiger partial charge in [0.05, 0.1) is 11.9 Å². The summed E-state index contributed by atoms with van der Waals surface area (Å²) < 4.78 is 0. The van der Waals surface area contributed by atoms with Crippen molar-refractivity contribution >= 4 is 22.7 Å². The molecule has 0 spiro atoms. The molecule has 0 aliphatic rings. The van der Waals surface area contributed by atoms with E-state index >= 15 is 0 Å². The van der Waals surface area contributed by atoms with Crippen molar-refractivity contribution in [1.29, 1.82) is 0 Å². The van der Waals surface area contributed by atoms with Crippen LogP contribution in [0, 0.1) is 12.1 Å². The van der Waals surface area contributed by atoms with Crippen molar-refractivity contribution < 1.29 is 21.1 Å². The van der Waals surface area contributed by atoms with Crippen molar-refractivity contribution in [1.82, 2.24) is 4.98 Å². The Bertz CT molecular complexity index is 1340. The molecule has 0 unspecified atom stereocenters. The minimum absolute atomic E-state index is 0. The van der Waals surface area contributed by atoms with Gasteiger partial charge in [-0.15, -0.1) is 65.0 Å². The van der Waals surface area contributed by atoms with Gasteiger partial charge in [-0.2, -0.15) is 0 Å². The summed E-state index contributed by atoms with van der Waals surface area (Å²) >= 11 is 0. The average Bonchev–Trinajstić information content (AvgIpc) is 2.83. The van der Waals surface area contributed by atoms with Crippen LogP contribution in [0.15, 0.2) is 108 Å². The summed E-state index contributed by atoms with van der Waals surface area (Å²) in [7, 11) is 0. The Morgan fingerprint density at radius 1 is 0.710 bits per heavy atom. The zero-order valence-electron chi connectivity index (χ0n) is 16.6. The molecule has 0 saturated heterocycles. The first-order chi connectivity index (χ1) is 14.9. The van der Waals surface area contributed by atoms with Gasteiger partial charge in [-0.25, -0.2) is 0 Å². The maximum atomic E-state index is 4.82. The minimum atomic E-state index is 0. The Labute approximate surface area is 196 Å². The monoisotopic (exact) mass is 577 g/mol. The third-order valence-electron chi connectivity index (χ3n) is 4.99. The molecule has 5 rings (SSSR count). The van der Waals surface area contributed by atoms with Crippen molar-refractivity contribution in [3.8, 4) is 22.4 Å². The van der Waals surface area contributed by atoms with Gasteiger partial charge < -0.3 is 0 Å². The Morgan fingerprint density at radius 2 is 1.55 bits per heavy atom. The molecule has 0 atom stereocenters. The van der Waals surface area contributed by atoms with Crippen LogP contribution in [0.2, 0.25) is 0 Å². The van der Waals surface area contributed by atoms with Crippen LogP contribution in [0.4, 0.5) is 5.69 Å². The van der Waals surface area contributed by atoms with Crippen LogP contribution in [0.25, 0.3) is 33.2 Å². The first-order valence-corrected chi connectivity index (χ1v) is 9.85. The van der Waals surface area contributed by atoms with Crippen molar-refractivity contribution in [3.05, 3.63) is 121 Å². The van der Waals surface area contributed by atoms with Gasteiger partial charge in [0, 0.05) is 5.69 Å². The molecular formula is C28H18N2Pt. The molecule has 1 aromatic heterocycles. The summed E-state index contributed by atoms with van der Waals surface area (Å²) in [6, 6.07) is 41.0. The van der Waals surface area contributed by atoms with E-state index in [1.807, 2.05) is 85.1 Å². The van der Waals surface area contributed by atoms with Gasteiger partial charge in [0.15, 0.2) is 0 Å². The second-order valence-electron chi connectivity index (χ2n) is 6.94. The molecule has 1 heterocycles. The van der Waals surface area contributed by atoms with Crippen LogP contribution >= 0.6 is 0 Å². The van der Waals surface area contributed by atoms with E-state index in [0.717, 1.165) is 39.2 Å². The number of pyridine rings is 1. The summed E-state index contributed by atoms with van der Waals surface area (Å²) in [5.41, 5.74) is 5.66. The van der Waals surface area contributed by atoms with Gasteiger partial charge in [-0.1, -0.05) is 65.5 Å². The summed E-state index contributed by atoms with van der Waals surface area (Å²) in [4.78, 5) is 9.55. The predicted octanol–water partition coefficient (Wildman–Crippen LogP) is 6.92. The van der Waals surface area contributed by atoms with Crippen molar-refractivity contribution in [3.63, 3.8) is 0 Å². The third-order valence-corrected chi connectivity index (χ3v) is 4.99. The van der Waals surface area contributed by atoms with E-state index in [-0.39, 0.29) is 21.1 Å². The second-order valence-corrected chi connectivity index (χ2v) is 6.94. The van der Waals surface area contributed by atoms with E-state index in [1.165, 1.54) is 5.39 Å². The second kappa shape index (κ2) is 9.64. The van der Waals surface area contributed by atoms with Crippen LogP contribution in [0.5, 0.6) is 0 Å². The molecular weight excluding hydrogens is 559 g/mol. The molecule has 3 heteroatoms. The molecule has 31 heavy (non-hydrogen) atoms. The quantitative estimate of drug-likeness (QED) is 0.168. The zero-order chi connectivity index (χ0) is 20.2. The number of aliphatic imine (C=N–C) groups is 1. The molecule has 150 valence electrons. The van der Waals surface area contributed by atoms with E-state index in [9.17, 15) is 0 Å². The molecule has 0 saturated carbocycles. The predicted molar refractivity (Wildman–Crippen MR) is 124 cm³/mol. The Morgan fingerprint density at radius 3 is 2.45 bits per heavy atom. The van der Waals surface area contributed by atoms with E-state index in [4.69, 9.17) is 9.98 Å². The summed E-state index contributed by atoms with van der Waals surface area (Å²) in [6.45, 7) is 0. The minimum Gasteiger partial charge on any atom is -0.295 e. The van der Waals surface area contributed by atoms with Gasteiger partial charge in [-0.05, 0) is 17.8 Å². The van der Waals surface area contributed by atoms with Crippen LogP contribution < -0.4 is 0 Å². The number of para-hydroxylation sites is 1. The maximum absolute atomic E-state index is 4.82. The zero-order valence-corrected chi connectivity index (χ0v) is 18.9. The fourth-order valence-electron chi connectivity index (χ4n) is 3.55. The number of aromatic nitrogens is 1. The number of nitrogens with zero attached hydrogens (tertiary/aromatic N) is 2. The number of rotatable bonds is 4. The molecule has 0 bridgehead atoms. The number of benzene rings is 4. The number of fused-ring (bicyclic) bond motifs is 1. The normalized spacial score (nSPS) is 10.8.